The van der Waals surface area contributed by atoms with Crippen molar-refractivity contribution in [2.45, 2.75) is 38.5 Å². The molecule has 1 unspecified atom stereocenters. The summed E-state index contributed by atoms with van der Waals surface area (Å²) in [5, 5.41) is 0.586. The molecule has 0 bridgehead atoms. The summed E-state index contributed by atoms with van der Waals surface area (Å²) in [6.07, 6.45) is -8.90. The van der Waals surface area contributed by atoms with Gasteiger partial charge in [-0.3, -0.25) is 0 Å². The number of hydrogen-bond acceptors (Lipinski definition) is 4. The van der Waals surface area contributed by atoms with Crippen LogP contribution in [0.3, 0.4) is 0 Å². The molecule has 0 saturated heterocycles. The van der Waals surface area contributed by atoms with Gasteiger partial charge in [0.2, 0.25) is 6.93 Å². The summed E-state index contributed by atoms with van der Waals surface area (Å²) < 4.78 is 107. The van der Waals surface area contributed by atoms with Crippen LogP contribution in [0.2, 0.25) is 5.02 Å². The molecule has 0 amide bonds. The number of hydrogen-bond donors (Lipinski definition) is 1. The summed E-state index contributed by atoms with van der Waals surface area (Å²) in [7, 11) is 0. The van der Waals surface area contributed by atoms with Crippen LogP contribution in [-0.4, -0.2) is 32.1 Å². The van der Waals surface area contributed by atoms with Gasteiger partial charge in [-0.25, -0.2) is 8.78 Å². The summed E-state index contributed by atoms with van der Waals surface area (Å²) in [5.41, 5.74) is 6.87. The minimum Gasteiger partial charge on any atom is -0.457 e. The van der Waals surface area contributed by atoms with E-state index in [4.69, 9.17) is 22.1 Å². The van der Waals surface area contributed by atoms with Crippen LogP contribution in [0.5, 0.6) is 17.2 Å². The molecule has 13 heteroatoms. The normalized spacial score (nSPS) is 12.3. The van der Waals surface area contributed by atoms with E-state index in [1.54, 1.807) is 36.4 Å². The maximum atomic E-state index is 13.3. The van der Waals surface area contributed by atoms with Gasteiger partial charge in [-0.15, -0.1) is 13.2 Å². The van der Waals surface area contributed by atoms with Crippen LogP contribution in [0.1, 0.15) is 18.1 Å². The molecule has 0 heterocycles. The third-order valence-electron chi connectivity index (χ3n) is 5.16. The highest BCUT2D eigenvalue weighted by Crippen LogP contribution is 2.31. The minimum absolute atomic E-state index is 0.163. The average molecular weight is 585 g/mol. The van der Waals surface area contributed by atoms with E-state index in [-0.39, 0.29) is 6.54 Å². The molecule has 0 aliphatic carbocycles. The quantitative estimate of drug-likeness (QED) is 0.257. The van der Waals surface area contributed by atoms with Crippen molar-refractivity contribution in [3.05, 3.63) is 82.9 Å². The monoisotopic (exact) mass is 584 g/mol. The first-order valence-corrected chi connectivity index (χ1v) is 11.7. The average Bonchev–Trinajstić information content (AvgIpc) is 2.84. The Kier molecular flexibility index (Phi) is 11.7. The third-order valence-corrected chi connectivity index (χ3v) is 5.53. The van der Waals surface area contributed by atoms with Gasteiger partial charge in [0.05, 0.1) is 0 Å². The lowest BCUT2D eigenvalue weighted by Crippen LogP contribution is -2.46. The van der Waals surface area contributed by atoms with Gasteiger partial charge in [-0.2, -0.15) is 13.2 Å². The third kappa shape index (κ3) is 10.8. The molecule has 0 fully saturated rings. The van der Waals surface area contributed by atoms with Gasteiger partial charge in [-0.05, 0) is 60.0 Å². The van der Waals surface area contributed by atoms with E-state index >= 15 is 0 Å². The van der Waals surface area contributed by atoms with Crippen LogP contribution >= 0.6 is 11.6 Å². The Morgan fingerprint density at radius 3 is 2.10 bits per heavy atom. The summed E-state index contributed by atoms with van der Waals surface area (Å²) in [6, 6.07) is 14.2. The number of alkyl halides is 8. The Morgan fingerprint density at radius 2 is 1.49 bits per heavy atom. The van der Waals surface area contributed by atoms with Crippen LogP contribution in [0.25, 0.3) is 0 Å². The molecule has 3 rings (SSSR count). The number of rotatable bonds is 9. The molecule has 0 saturated carbocycles. The number of anilines is 1. The molecular formula is C26H25ClF8N2O2. The minimum atomic E-state index is -4.90. The van der Waals surface area contributed by atoms with E-state index in [1.807, 2.05) is 6.92 Å². The second-order valence-electron chi connectivity index (χ2n) is 8.03. The number of nitrogens with two attached hydrogens (primary N) is 1. The highest BCUT2D eigenvalue weighted by Gasteiger charge is 2.38. The summed E-state index contributed by atoms with van der Waals surface area (Å²) >= 11 is 6.14. The van der Waals surface area contributed by atoms with E-state index in [0.29, 0.717) is 34.2 Å². The number of halogens is 9. The van der Waals surface area contributed by atoms with E-state index < -0.39 is 37.8 Å². The molecular weight excluding hydrogens is 560 g/mol. The molecule has 214 valence electrons. The van der Waals surface area contributed by atoms with Gasteiger partial charge in [0, 0.05) is 29.9 Å². The van der Waals surface area contributed by atoms with Crippen LogP contribution in [0.4, 0.5) is 40.8 Å². The molecule has 0 aliphatic heterocycles. The number of nitrogens with zero attached hydrogens (tertiary/aromatic N) is 1. The van der Waals surface area contributed by atoms with Crippen LogP contribution in [0.15, 0.2) is 66.7 Å². The number of ether oxygens (including phenoxy) is 2. The van der Waals surface area contributed by atoms with E-state index in [0.717, 1.165) is 17.7 Å². The lowest BCUT2D eigenvalue weighted by molar-refractivity contribution is -0.274. The predicted molar refractivity (Wildman–Crippen MR) is 133 cm³/mol. The van der Waals surface area contributed by atoms with Crippen LogP contribution < -0.4 is 20.1 Å². The highest BCUT2D eigenvalue weighted by atomic mass is 35.5. The van der Waals surface area contributed by atoms with Crippen molar-refractivity contribution >= 4 is 17.3 Å². The fourth-order valence-corrected chi connectivity index (χ4v) is 3.68. The van der Waals surface area contributed by atoms with Crippen molar-refractivity contribution < 1.29 is 44.6 Å². The maximum absolute atomic E-state index is 13.3. The first-order chi connectivity index (χ1) is 18.2. The highest BCUT2D eigenvalue weighted by molar-refractivity contribution is 6.31. The summed E-state index contributed by atoms with van der Waals surface area (Å²) in [4.78, 5) is 1.32. The summed E-state index contributed by atoms with van der Waals surface area (Å²) in [6.45, 7) is -0.621. The Morgan fingerprint density at radius 1 is 0.872 bits per heavy atom. The maximum Gasteiger partial charge on any atom is 0.573 e. The smallest absolute Gasteiger partial charge is 0.457 e. The Balaban J connectivity index is 0.00000170. The molecule has 0 aromatic heterocycles. The molecule has 1 atom stereocenters. The van der Waals surface area contributed by atoms with E-state index in [2.05, 4.69) is 4.74 Å². The van der Waals surface area contributed by atoms with Crippen molar-refractivity contribution in [3.63, 3.8) is 0 Å². The van der Waals surface area contributed by atoms with Gasteiger partial charge in [0.15, 0.2) is 0 Å². The Labute approximate surface area is 224 Å². The van der Waals surface area contributed by atoms with Gasteiger partial charge < -0.3 is 20.1 Å². The zero-order valence-corrected chi connectivity index (χ0v) is 21.3. The van der Waals surface area contributed by atoms with Crippen molar-refractivity contribution in [2.75, 3.05) is 18.4 Å². The topological polar surface area (TPSA) is 47.7 Å². The Hall–Kier alpha value is -3.25. The van der Waals surface area contributed by atoms with Crippen molar-refractivity contribution in [2.24, 2.45) is 5.73 Å². The first kappa shape index (κ1) is 32.0. The molecule has 0 radical (unpaired) electrons. The number of aryl methyl sites for hydroxylation is 1. The zero-order chi connectivity index (χ0) is 29.2. The van der Waals surface area contributed by atoms with Gasteiger partial charge in [-0.1, -0.05) is 36.7 Å². The lowest BCUT2D eigenvalue weighted by atomic mass is 10.1. The SMILES string of the molecule is CCc1cc(Oc2cccc(N(Cc3cccc(OC(F)(F)F)c3)CC(N)C(F)(F)F)c2)ccc1Cl.FCF. The van der Waals surface area contributed by atoms with Crippen LogP contribution in [0, 0.1) is 0 Å². The fourth-order valence-electron chi connectivity index (χ4n) is 3.43. The molecule has 3 aromatic rings. The molecule has 0 aliphatic rings. The standard InChI is InChI=1S/C25H23ClF6N2O2.CH2F2/c1-2-17-12-20(9-10-22(17)26)35-19-7-4-6-18(13-19)34(15-23(33)24(27,28)29)14-16-5-3-8-21(11-16)36-25(30,31)32;2-1-3/h3-13,23H,2,14-15,33H2,1H3;1H2. The van der Waals surface area contributed by atoms with E-state index in [1.165, 1.54) is 23.1 Å². The van der Waals surface area contributed by atoms with Crippen LogP contribution in [-0.2, 0) is 13.0 Å². The van der Waals surface area contributed by atoms with E-state index in [9.17, 15) is 35.1 Å². The second-order valence-corrected chi connectivity index (χ2v) is 8.44. The largest absolute Gasteiger partial charge is 0.573 e. The van der Waals surface area contributed by atoms with Crippen molar-refractivity contribution in [1.29, 1.82) is 0 Å². The summed E-state index contributed by atoms with van der Waals surface area (Å²) in [5.74, 6) is 0.354. The molecule has 4 nitrogen and oxygen atoms in total. The van der Waals surface area contributed by atoms with Crippen molar-refractivity contribution in [1.82, 2.24) is 0 Å². The van der Waals surface area contributed by atoms with Crippen molar-refractivity contribution in [3.8, 4) is 17.2 Å². The predicted octanol–water partition coefficient (Wildman–Crippen LogP) is 8.37. The van der Waals surface area contributed by atoms with Gasteiger partial charge in [0.25, 0.3) is 0 Å². The molecule has 39 heavy (non-hydrogen) atoms. The molecule has 3 aromatic carbocycles. The lowest BCUT2D eigenvalue weighted by Gasteiger charge is -2.29. The van der Waals surface area contributed by atoms with Gasteiger partial charge >= 0.3 is 12.5 Å². The molecule has 2 N–H and O–H groups in total. The second kappa shape index (κ2) is 14.2. The number of benzene rings is 3. The molecule has 0 spiro atoms. The Bertz CT molecular complexity index is 1190. The van der Waals surface area contributed by atoms with Gasteiger partial charge in [0.1, 0.15) is 23.3 Å². The fraction of sp³-hybridized carbons (Fsp3) is 0.308. The first-order valence-electron chi connectivity index (χ1n) is 11.4. The zero-order valence-electron chi connectivity index (χ0n) is 20.5.